The largest absolute Gasteiger partial charge is 0.309 e. The summed E-state index contributed by atoms with van der Waals surface area (Å²) in [5.41, 5.74) is 1.23. The van der Waals surface area contributed by atoms with Crippen LogP contribution in [0.5, 0.6) is 0 Å². The van der Waals surface area contributed by atoms with E-state index in [9.17, 15) is 4.79 Å². The van der Waals surface area contributed by atoms with E-state index in [1.54, 1.807) is 12.1 Å². The van der Waals surface area contributed by atoms with Gasteiger partial charge < -0.3 is 5.32 Å². The van der Waals surface area contributed by atoms with Crippen LogP contribution in [0, 0.1) is 0 Å². The minimum absolute atomic E-state index is 0.0459. The van der Waals surface area contributed by atoms with Crippen molar-refractivity contribution in [2.24, 2.45) is 7.05 Å². The number of hydrogen-bond acceptors (Lipinski definition) is 4. The van der Waals surface area contributed by atoms with Crippen molar-refractivity contribution in [2.45, 2.75) is 31.7 Å². The molecular formula is C17H22ClN5O. The molecule has 1 fully saturated rings. The van der Waals surface area contributed by atoms with Gasteiger partial charge in [-0.15, -0.1) is 0 Å². The summed E-state index contributed by atoms with van der Waals surface area (Å²) in [6.45, 7) is 3.73. The molecular weight excluding hydrogens is 326 g/mol. The Balaban J connectivity index is 1.63. The van der Waals surface area contributed by atoms with Crippen molar-refractivity contribution in [1.82, 2.24) is 19.7 Å². The van der Waals surface area contributed by atoms with Crippen LogP contribution in [0.3, 0.4) is 0 Å². The van der Waals surface area contributed by atoms with Gasteiger partial charge in [-0.25, -0.2) is 4.98 Å². The molecule has 6 nitrogen and oxygen atoms in total. The first-order valence-corrected chi connectivity index (χ1v) is 8.57. The van der Waals surface area contributed by atoms with Crippen molar-refractivity contribution in [3.05, 3.63) is 41.3 Å². The summed E-state index contributed by atoms with van der Waals surface area (Å²) in [4.78, 5) is 18.9. The number of pyridine rings is 1. The summed E-state index contributed by atoms with van der Waals surface area (Å²) in [5.74, 6) is 0.891. The Hall–Kier alpha value is -1.92. The third-order valence-corrected chi connectivity index (χ3v) is 4.86. The number of carbonyl (C=O) groups excluding carboxylic acids is 1. The topological polar surface area (TPSA) is 63.1 Å². The fourth-order valence-electron chi connectivity index (χ4n) is 3.23. The maximum absolute atomic E-state index is 12.5. The Morgan fingerprint density at radius 2 is 2.25 bits per heavy atom. The number of carbonyl (C=O) groups is 1. The minimum atomic E-state index is -0.210. The lowest BCUT2D eigenvalue weighted by atomic mass is 9.93. The van der Waals surface area contributed by atoms with Gasteiger partial charge in [-0.2, -0.15) is 5.10 Å². The Morgan fingerprint density at radius 1 is 1.42 bits per heavy atom. The molecule has 0 aromatic carbocycles. The lowest BCUT2D eigenvalue weighted by Gasteiger charge is -2.36. The first kappa shape index (κ1) is 16.9. The number of nitrogens with one attached hydrogen (secondary N) is 1. The Labute approximate surface area is 146 Å². The minimum Gasteiger partial charge on any atom is -0.309 e. The molecule has 1 aliphatic rings. The molecule has 1 amide bonds. The third-order valence-electron chi connectivity index (χ3n) is 4.64. The average Bonchev–Trinajstić information content (AvgIpc) is 3.02. The number of likely N-dealkylation sites (tertiary alicyclic amines) is 1. The van der Waals surface area contributed by atoms with E-state index < -0.39 is 0 Å². The zero-order chi connectivity index (χ0) is 17.1. The number of nitrogens with zero attached hydrogens (tertiary/aromatic N) is 4. The van der Waals surface area contributed by atoms with Gasteiger partial charge in [0, 0.05) is 37.6 Å². The molecule has 2 aromatic rings. The Morgan fingerprint density at radius 3 is 2.92 bits per heavy atom. The van der Waals surface area contributed by atoms with Crippen LogP contribution < -0.4 is 5.32 Å². The van der Waals surface area contributed by atoms with Gasteiger partial charge in [-0.05, 0) is 44.5 Å². The second kappa shape index (κ2) is 7.32. The number of aryl methyl sites for hydroxylation is 1. The van der Waals surface area contributed by atoms with Gasteiger partial charge in [0.25, 0.3) is 0 Å². The lowest BCUT2D eigenvalue weighted by molar-refractivity contribution is -0.121. The molecule has 1 N–H and O–H groups in total. The first-order chi connectivity index (χ1) is 11.5. The molecule has 24 heavy (non-hydrogen) atoms. The van der Waals surface area contributed by atoms with Crippen LogP contribution in [0.4, 0.5) is 5.82 Å². The number of piperidine rings is 1. The van der Waals surface area contributed by atoms with Crippen LogP contribution in [0.15, 0.2) is 30.6 Å². The van der Waals surface area contributed by atoms with E-state index in [1.165, 1.54) is 11.9 Å². The van der Waals surface area contributed by atoms with Crippen molar-refractivity contribution in [3.63, 3.8) is 0 Å². The first-order valence-electron chi connectivity index (χ1n) is 8.19. The van der Waals surface area contributed by atoms with E-state index in [0.29, 0.717) is 16.8 Å². The summed E-state index contributed by atoms with van der Waals surface area (Å²) in [7, 11) is 1.97. The number of amides is 1. The predicted octanol–water partition coefficient (Wildman–Crippen LogP) is 2.68. The smallest absolute Gasteiger partial charge is 0.242 e. The van der Waals surface area contributed by atoms with E-state index in [0.717, 1.165) is 25.9 Å². The summed E-state index contributed by atoms with van der Waals surface area (Å²) in [6.07, 6.45) is 5.56. The Bertz CT molecular complexity index is 699. The van der Waals surface area contributed by atoms with Crippen molar-refractivity contribution < 1.29 is 4.79 Å². The normalized spacial score (nSPS) is 19.9. The quantitative estimate of drug-likeness (QED) is 0.923. The standard InChI is InChI=1S/C17H22ClN5O/c1-12(17(24)21-16-6-5-14(18)10-19-16)23-9-3-4-13(11-23)15-7-8-20-22(15)2/h5-8,10,12-13H,3-4,9,11H2,1-2H3,(H,19,21,24)/t12-,13+/m0/s1. The van der Waals surface area contributed by atoms with Crippen LogP contribution in [0.2, 0.25) is 5.02 Å². The van der Waals surface area contributed by atoms with Gasteiger partial charge >= 0.3 is 0 Å². The van der Waals surface area contributed by atoms with Crippen molar-refractivity contribution >= 4 is 23.3 Å². The molecule has 0 spiro atoms. The van der Waals surface area contributed by atoms with E-state index in [4.69, 9.17) is 11.6 Å². The van der Waals surface area contributed by atoms with Crippen molar-refractivity contribution in [1.29, 1.82) is 0 Å². The van der Waals surface area contributed by atoms with Gasteiger partial charge in [0.05, 0.1) is 11.1 Å². The predicted molar refractivity (Wildman–Crippen MR) is 94.1 cm³/mol. The molecule has 2 atom stereocenters. The van der Waals surface area contributed by atoms with E-state index in [2.05, 4.69) is 26.4 Å². The van der Waals surface area contributed by atoms with Crippen molar-refractivity contribution in [3.8, 4) is 0 Å². The molecule has 0 unspecified atom stereocenters. The van der Waals surface area contributed by atoms with Gasteiger partial charge in [0.2, 0.25) is 5.91 Å². The molecule has 0 radical (unpaired) electrons. The highest BCUT2D eigenvalue weighted by Gasteiger charge is 2.29. The second-order valence-corrected chi connectivity index (χ2v) is 6.68. The summed E-state index contributed by atoms with van der Waals surface area (Å²) >= 11 is 5.82. The molecule has 1 aliphatic heterocycles. The highest BCUT2D eigenvalue weighted by Crippen LogP contribution is 2.27. The van der Waals surface area contributed by atoms with Gasteiger partial charge in [-0.3, -0.25) is 14.4 Å². The molecule has 0 saturated carbocycles. The number of rotatable bonds is 4. The molecule has 7 heteroatoms. The van der Waals surface area contributed by atoms with Crippen LogP contribution in [-0.2, 0) is 11.8 Å². The van der Waals surface area contributed by atoms with Crippen molar-refractivity contribution in [2.75, 3.05) is 18.4 Å². The van der Waals surface area contributed by atoms with Gasteiger partial charge in [-0.1, -0.05) is 11.6 Å². The van der Waals surface area contributed by atoms with Crippen LogP contribution in [0.1, 0.15) is 31.4 Å². The molecule has 0 aliphatic carbocycles. The van der Waals surface area contributed by atoms with Gasteiger partial charge in [0.1, 0.15) is 5.82 Å². The molecule has 0 bridgehead atoms. The summed E-state index contributed by atoms with van der Waals surface area (Å²) < 4.78 is 1.93. The number of anilines is 1. The third kappa shape index (κ3) is 3.76. The zero-order valence-corrected chi connectivity index (χ0v) is 14.7. The molecule has 3 heterocycles. The van der Waals surface area contributed by atoms with Crippen LogP contribution in [0.25, 0.3) is 0 Å². The fraction of sp³-hybridized carbons (Fsp3) is 0.471. The van der Waals surface area contributed by atoms with E-state index in [-0.39, 0.29) is 11.9 Å². The Kier molecular flexibility index (Phi) is 5.16. The molecule has 3 rings (SSSR count). The molecule has 128 valence electrons. The summed E-state index contributed by atoms with van der Waals surface area (Å²) in [6, 6.07) is 5.28. The van der Waals surface area contributed by atoms with Gasteiger partial charge in [0.15, 0.2) is 0 Å². The fourth-order valence-corrected chi connectivity index (χ4v) is 3.34. The maximum atomic E-state index is 12.5. The van der Waals surface area contributed by atoms with E-state index in [1.807, 2.05) is 24.9 Å². The maximum Gasteiger partial charge on any atom is 0.242 e. The van der Waals surface area contributed by atoms with Crippen LogP contribution >= 0.6 is 11.6 Å². The van der Waals surface area contributed by atoms with Crippen LogP contribution in [-0.4, -0.2) is 44.7 Å². The van der Waals surface area contributed by atoms with E-state index >= 15 is 0 Å². The average molecular weight is 348 g/mol. The lowest BCUT2D eigenvalue weighted by Crippen LogP contribution is -2.46. The summed E-state index contributed by atoms with van der Waals surface area (Å²) in [5, 5.41) is 7.67. The molecule has 1 saturated heterocycles. The zero-order valence-electron chi connectivity index (χ0n) is 13.9. The molecule has 2 aromatic heterocycles. The highest BCUT2D eigenvalue weighted by atomic mass is 35.5. The SMILES string of the molecule is C[C@@H](C(=O)Nc1ccc(Cl)cn1)N1CCC[C@@H](c2ccnn2C)C1. The number of aromatic nitrogens is 3. The number of hydrogen-bond donors (Lipinski definition) is 1. The second-order valence-electron chi connectivity index (χ2n) is 6.24. The monoisotopic (exact) mass is 347 g/mol. The highest BCUT2D eigenvalue weighted by molar-refractivity contribution is 6.30. The number of halogens is 1.